The van der Waals surface area contributed by atoms with Crippen LogP contribution in [0.2, 0.25) is 0 Å². The Hall–Kier alpha value is -0.580. The molecule has 1 atom stereocenters. The number of thioether (sulfide) groups is 1. The molecule has 1 aromatic carbocycles. The number of rotatable bonds is 4. The molecule has 1 N–H and O–H groups in total. The first kappa shape index (κ1) is 12.9. The van der Waals surface area contributed by atoms with Crippen LogP contribution in [0.5, 0.6) is 0 Å². The van der Waals surface area contributed by atoms with Gasteiger partial charge in [0.1, 0.15) is 5.82 Å². The summed E-state index contributed by atoms with van der Waals surface area (Å²) in [6.45, 7) is 3.03. The van der Waals surface area contributed by atoms with Gasteiger partial charge >= 0.3 is 0 Å². The van der Waals surface area contributed by atoms with Gasteiger partial charge in [-0.05, 0) is 24.7 Å². The standard InChI is InChI=1S/C13H19FN2S/c1-16(9-13-10-17-7-6-15-13)8-11-2-4-12(14)5-3-11/h2-5,13,15H,6-10H2,1H3. The van der Waals surface area contributed by atoms with E-state index < -0.39 is 0 Å². The van der Waals surface area contributed by atoms with Gasteiger partial charge in [0.05, 0.1) is 0 Å². The minimum atomic E-state index is -0.165. The van der Waals surface area contributed by atoms with Crippen LogP contribution in [0, 0.1) is 5.82 Å². The molecule has 0 saturated carbocycles. The Balaban J connectivity index is 1.79. The van der Waals surface area contributed by atoms with Gasteiger partial charge in [-0.1, -0.05) is 12.1 Å². The molecular formula is C13H19FN2S. The van der Waals surface area contributed by atoms with Crippen LogP contribution in [0.15, 0.2) is 24.3 Å². The SMILES string of the molecule is CN(Cc1ccc(F)cc1)CC1CSCCN1. The third-order valence-corrected chi connectivity index (χ3v) is 4.03. The minimum Gasteiger partial charge on any atom is -0.311 e. The van der Waals surface area contributed by atoms with Crippen molar-refractivity contribution in [3.63, 3.8) is 0 Å². The summed E-state index contributed by atoms with van der Waals surface area (Å²) in [7, 11) is 2.12. The van der Waals surface area contributed by atoms with Crippen LogP contribution in [0.25, 0.3) is 0 Å². The molecule has 2 nitrogen and oxygen atoms in total. The predicted octanol–water partition coefficient (Wildman–Crippen LogP) is 1.96. The molecule has 0 amide bonds. The molecule has 1 aliphatic heterocycles. The third-order valence-electron chi connectivity index (χ3n) is 2.90. The van der Waals surface area contributed by atoms with Gasteiger partial charge in [0.15, 0.2) is 0 Å². The summed E-state index contributed by atoms with van der Waals surface area (Å²) in [6.07, 6.45) is 0. The molecular weight excluding hydrogens is 235 g/mol. The van der Waals surface area contributed by atoms with Crippen molar-refractivity contribution >= 4 is 11.8 Å². The van der Waals surface area contributed by atoms with Gasteiger partial charge in [-0.25, -0.2) is 4.39 Å². The van der Waals surface area contributed by atoms with Crippen LogP contribution in [0.4, 0.5) is 4.39 Å². The lowest BCUT2D eigenvalue weighted by Crippen LogP contribution is -2.44. The molecule has 94 valence electrons. The van der Waals surface area contributed by atoms with Crippen molar-refractivity contribution in [1.29, 1.82) is 0 Å². The first-order valence-corrected chi connectivity index (χ1v) is 7.13. The van der Waals surface area contributed by atoms with Gasteiger partial charge in [-0.3, -0.25) is 0 Å². The van der Waals surface area contributed by atoms with Gasteiger partial charge in [-0.2, -0.15) is 11.8 Å². The van der Waals surface area contributed by atoms with E-state index in [-0.39, 0.29) is 5.82 Å². The second-order valence-corrected chi connectivity index (χ2v) is 5.70. The third kappa shape index (κ3) is 4.30. The van der Waals surface area contributed by atoms with E-state index in [2.05, 4.69) is 17.3 Å². The largest absolute Gasteiger partial charge is 0.311 e. The van der Waals surface area contributed by atoms with Crippen molar-refractivity contribution < 1.29 is 4.39 Å². The van der Waals surface area contributed by atoms with Crippen molar-refractivity contribution in [2.24, 2.45) is 0 Å². The Morgan fingerprint density at radius 1 is 1.41 bits per heavy atom. The van der Waals surface area contributed by atoms with Crippen LogP contribution < -0.4 is 5.32 Å². The van der Waals surface area contributed by atoms with E-state index in [4.69, 9.17) is 0 Å². The second-order valence-electron chi connectivity index (χ2n) is 4.55. The smallest absolute Gasteiger partial charge is 0.123 e. The zero-order valence-corrected chi connectivity index (χ0v) is 11.0. The molecule has 2 rings (SSSR count). The molecule has 0 aliphatic carbocycles. The Kier molecular flexibility index (Phi) is 4.83. The molecule has 0 radical (unpaired) electrons. The number of benzene rings is 1. The van der Waals surface area contributed by atoms with Gasteiger partial charge in [0.25, 0.3) is 0 Å². The first-order chi connectivity index (χ1) is 8.24. The van der Waals surface area contributed by atoms with Crippen LogP contribution in [0.3, 0.4) is 0 Å². The second kappa shape index (κ2) is 6.38. The van der Waals surface area contributed by atoms with Gasteiger partial charge in [0, 0.05) is 37.2 Å². The quantitative estimate of drug-likeness (QED) is 0.884. The fraction of sp³-hybridized carbons (Fsp3) is 0.538. The van der Waals surface area contributed by atoms with Gasteiger partial charge in [-0.15, -0.1) is 0 Å². The van der Waals surface area contributed by atoms with Crippen molar-refractivity contribution in [3.8, 4) is 0 Å². The molecule has 0 spiro atoms. The van der Waals surface area contributed by atoms with Crippen molar-refractivity contribution in [1.82, 2.24) is 10.2 Å². The Labute approximate surface area is 107 Å². The normalized spacial score (nSPS) is 20.8. The predicted molar refractivity (Wildman–Crippen MR) is 71.8 cm³/mol. The van der Waals surface area contributed by atoms with Crippen molar-refractivity contribution in [2.45, 2.75) is 12.6 Å². The van der Waals surface area contributed by atoms with E-state index in [0.717, 1.165) is 25.2 Å². The highest BCUT2D eigenvalue weighted by Gasteiger charge is 2.14. The van der Waals surface area contributed by atoms with E-state index in [1.165, 1.54) is 23.6 Å². The molecule has 4 heteroatoms. The molecule has 17 heavy (non-hydrogen) atoms. The monoisotopic (exact) mass is 254 g/mol. The number of likely N-dealkylation sites (N-methyl/N-ethyl adjacent to an activating group) is 1. The fourth-order valence-corrected chi connectivity index (χ4v) is 3.02. The molecule has 1 heterocycles. The minimum absolute atomic E-state index is 0.165. The average molecular weight is 254 g/mol. The molecule has 0 aromatic heterocycles. The van der Waals surface area contributed by atoms with Crippen LogP contribution in [-0.2, 0) is 6.54 Å². The Bertz CT molecular complexity index is 336. The van der Waals surface area contributed by atoms with E-state index in [0.29, 0.717) is 6.04 Å². The Morgan fingerprint density at radius 2 is 2.18 bits per heavy atom. The molecule has 1 aliphatic rings. The van der Waals surface area contributed by atoms with Crippen LogP contribution >= 0.6 is 11.8 Å². The van der Waals surface area contributed by atoms with Crippen LogP contribution in [-0.4, -0.2) is 42.6 Å². The van der Waals surface area contributed by atoms with E-state index in [1.807, 2.05) is 23.9 Å². The van der Waals surface area contributed by atoms with Gasteiger partial charge in [0.2, 0.25) is 0 Å². The summed E-state index contributed by atoms with van der Waals surface area (Å²) >= 11 is 2.01. The number of nitrogens with zero attached hydrogens (tertiary/aromatic N) is 1. The Morgan fingerprint density at radius 3 is 2.82 bits per heavy atom. The highest BCUT2D eigenvalue weighted by Crippen LogP contribution is 2.10. The lowest BCUT2D eigenvalue weighted by Gasteiger charge is -2.27. The highest BCUT2D eigenvalue weighted by molar-refractivity contribution is 7.99. The lowest BCUT2D eigenvalue weighted by molar-refractivity contribution is 0.292. The van der Waals surface area contributed by atoms with E-state index in [1.54, 1.807) is 0 Å². The van der Waals surface area contributed by atoms with Crippen molar-refractivity contribution in [2.75, 3.05) is 31.6 Å². The first-order valence-electron chi connectivity index (χ1n) is 5.98. The summed E-state index contributed by atoms with van der Waals surface area (Å²) in [5.41, 5.74) is 1.16. The number of hydrogen-bond donors (Lipinski definition) is 1. The molecule has 1 unspecified atom stereocenters. The molecule has 0 bridgehead atoms. The number of halogens is 1. The number of nitrogens with one attached hydrogen (secondary N) is 1. The maximum atomic E-state index is 12.8. The van der Waals surface area contributed by atoms with Crippen LogP contribution in [0.1, 0.15) is 5.56 Å². The molecule has 1 saturated heterocycles. The lowest BCUT2D eigenvalue weighted by atomic mass is 10.2. The average Bonchev–Trinajstić information content (AvgIpc) is 2.33. The maximum Gasteiger partial charge on any atom is 0.123 e. The topological polar surface area (TPSA) is 15.3 Å². The summed E-state index contributed by atoms with van der Waals surface area (Å²) in [5.74, 6) is 2.24. The summed E-state index contributed by atoms with van der Waals surface area (Å²) in [6, 6.07) is 7.35. The fourth-order valence-electron chi connectivity index (χ4n) is 2.08. The molecule has 1 fully saturated rings. The van der Waals surface area contributed by atoms with E-state index >= 15 is 0 Å². The molecule has 1 aromatic rings. The van der Waals surface area contributed by atoms with E-state index in [9.17, 15) is 4.39 Å². The zero-order valence-electron chi connectivity index (χ0n) is 10.2. The van der Waals surface area contributed by atoms with Gasteiger partial charge < -0.3 is 10.2 Å². The number of hydrogen-bond acceptors (Lipinski definition) is 3. The van der Waals surface area contributed by atoms with Crippen molar-refractivity contribution in [3.05, 3.63) is 35.6 Å². The highest BCUT2D eigenvalue weighted by atomic mass is 32.2. The summed E-state index contributed by atoms with van der Waals surface area (Å²) < 4.78 is 12.8. The maximum absolute atomic E-state index is 12.8. The summed E-state index contributed by atoms with van der Waals surface area (Å²) in [4.78, 5) is 2.29. The zero-order chi connectivity index (χ0) is 12.1. The summed E-state index contributed by atoms with van der Waals surface area (Å²) in [5, 5.41) is 3.52.